The maximum Gasteiger partial charge on any atom is 0.407 e. The lowest BCUT2D eigenvalue weighted by molar-refractivity contribution is -0.132. The summed E-state index contributed by atoms with van der Waals surface area (Å²) in [7, 11) is 0. The molecule has 1 aromatic carbocycles. The number of carbonyl (C=O) groups is 3. The molecule has 14 nitrogen and oxygen atoms in total. The molecular formula is C66H101N7O7. The highest BCUT2D eigenvalue weighted by molar-refractivity contribution is 5.98. The lowest BCUT2D eigenvalue weighted by Gasteiger charge is -2.58. The van der Waals surface area contributed by atoms with Crippen LogP contribution < -0.4 is 21.7 Å². The van der Waals surface area contributed by atoms with Gasteiger partial charge in [-0.2, -0.15) is 0 Å². The number of amides is 3. The molecule has 2 aromatic rings. The Balaban J connectivity index is 0.659. The average Bonchev–Trinajstić information content (AvgIpc) is 4.12. The Morgan fingerprint density at radius 3 is 2.30 bits per heavy atom. The summed E-state index contributed by atoms with van der Waals surface area (Å²) in [6, 6.07) is 8.34. The number of aryl methyl sites for hydroxylation is 1. The first kappa shape index (κ1) is 61.1. The number of aliphatic imine (C=N–C) groups is 1. The SMILES string of the molecule is CCCCc1nc2c(n1Cc1ccc(CNC(=O)OCCOCCOC(=O)NCCC(C)(C)OCCC(C)(C)C(=O)NC3CCC4(C)C(=CCC5C4CCC4(C)C(C(C)CCCC(C)C)CCC54)C3)cc1)C1C=CC=CC1N=C2N. The van der Waals surface area contributed by atoms with Crippen molar-refractivity contribution in [2.75, 3.05) is 39.6 Å². The van der Waals surface area contributed by atoms with Gasteiger partial charge in [-0.3, -0.25) is 9.79 Å². The van der Waals surface area contributed by atoms with Gasteiger partial charge in [0.2, 0.25) is 5.91 Å². The average molecular weight is 1100 g/mol. The summed E-state index contributed by atoms with van der Waals surface area (Å²) in [5, 5.41) is 9.10. The molecule has 3 amide bonds. The van der Waals surface area contributed by atoms with Crippen LogP contribution in [0.4, 0.5) is 9.59 Å². The standard InChI is InChI=1S/C66H101N7O7/c1-11-12-20-56-72-57-58(51-18-13-14-19-55(51)71-59(57)67)73(56)43-47-23-21-46(22-24-47)42-69-62(76)79-40-38-77-37-39-78-61(75)68-35-33-64(7,8)80-36-34-63(5,6)60(74)70-49-29-31-65(9)48(41-49)25-26-50-53-28-27-52(45(4)17-15-16-44(2)3)66(53,10)32-30-54(50)65/h13-14,18-19,21-25,44-45,49-55H,11-12,15-17,20,26-43H2,1-10H3,(H2,67,71)(H,68,75)(H,69,76)(H,70,74). The Labute approximate surface area is 480 Å². The number of aromatic nitrogens is 2. The molecule has 10 unspecified atom stereocenters. The summed E-state index contributed by atoms with van der Waals surface area (Å²) in [6.45, 7) is 25.0. The predicted octanol–water partition coefficient (Wildman–Crippen LogP) is 12.7. The Kier molecular flexibility index (Phi) is 20.6. The fourth-order valence-electron chi connectivity index (χ4n) is 15.1. The van der Waals surface area contributed by atoms with Gasteiger partial charge in [-0.15, -0.1) is 0 Å². The summed E-state index contributed by atoms with van der Waals surface area (Å²) in [4.78, 5) is 48.4. The van der Waals surface area contributed by atoms with Gasteiger partial charge in [0.05, 0.1) is 30.6 Å². The van der Waals surface area contributed by atoms with Crippen LogP contribution in [0.2, 0.25) is 0 Å². The van der Waals surface area contributed by atoms with Gasteiger partial charge >= 0.3 is 12.2 Å². The molecule has 6 aliphatic rings. The topological polar surface area (TPSA) is 180 Å². The molecule has 5 aliphatic carbocycles. The minimum Gasteiger partial charge on any atom is -0.447 e. The normalized spacial score (nSPS) is 27.2. The van der Waals surface area contributed by atoms with Crippen LogP contribution in [0.15, 0.2) is 65.2 Å². The van der Waals surface area contributed by atoms with E-state index in [9.17, 15) is 14.4 Å². The number of allylic oxidation sites excluding steroid dienone is 3. The van der Waals surface area contributed by atoms with E-state index in [1.807, 2.05) is 45.9 Å². The van der Waals surface area contributed by atoms with Gasteiger partial charge in [0.25, 0.3) is 0 Å². The van der Waals surface area contributed by atoms with Crippen molar-refractivity contribution in [1.82, 2.24) is 25.5 Å². The third-order valence-corrected chi connectivity index (χ3v) is 20.0. The molecule has 0 spiro atoms. The van der Waals surface area contributed by atoms with E-state index in [4.69, 9.17) is 34.7 Å². The largest absolute Gasteiger partial charge is 0.447 e. The van der Waals surface area contributed by atoms with Crippen LogP contribution in [0, 0.1) is 51.8 Å². The molecule has 1 aromatic heterocycles. The molecule has 10 atom stereocenters. The second-order valence-corrected chi connectivity index (χ2v) is 26.9. The van der Waals surface area contributed by atoms with Crippen molar-refractivity contribution in [3.05, 3.63) is 88.6 Å². The van der Waals surface area contributed by atoms with E-state index < -0.39 is 23.2 Å². The first-order valence-electron chi connectivity index (χ1n) is 31.1. The number of carbonyl (C=O) groups excluding carboxylic acids is 3. The van der Waals surface area contributed by atoms with Crippen molar-refractivity contribution in [3.8, 4) is 0 Å². The molecule has 0 radical (unpaired) electrons. The summed E-state index contributed by atoms with van der Waals surface area (Å²) in [5.41, 5.74) is 11.7. The van der Waals surface area contributed by atoms with Crippen molar-refractivity contribution in [1.29, 1.82) is 0 Å². The van der Waals surface area contributed by atoms with Crippen molar-refractivity contribution in [3.63, 3.8) is 0 Å². The third-order valence-electron chi connectivity index (χ3n) is 20.0. The Morgan fingerprint density at radius 2 is 1.56 bits per heavy atom. The van der Waals surface area contributed by atoms with Crippen molar-refractivity contribution in [2.24, 2.45) is 62.5 Å². The zero-order valence-electron chi connectivity index (χ0n) is 50.6. The van der Waals surface area contributed by atoms with E-state index in [0.717, 1.165) is 102 Å². The smallest absolute Gasteiger partial charge is 0.407 e. The second kappa shape index (κ2) is 27.0. The second-order valence-electron chi connectivity index (χ2n) is 26.9. The van der Waals surface area contributed by atoms with Crippen LogP contribution in [0.25, 0.3) is 0 Å². The zero-order chi connectivity index (χ0) is 57.2. The van der Waals surface area contributed by atoms with Crippen LogP contribution in [0.1, 0.15) is 200 Å². The van der Waals surface area contributed by atoms with Crippen LogP contribution in [0.3, 0.4) is 0 Å². The number of amidine groups is 1. The molecule has 2 heterocycles. The van der Waals surface area contributed by atoms with E-state index in [1.165, 1.54) is 51.4 Å². The molecule has 442 valence electrons. The van der Waals surface area contributed by atoms with E-state index in [0.29, 0.717) is 50.3 Å². The molecule has 0 saturated heterocycles. The Bertz CT molecular complexity index is 2540. The zero-order valence-corrected chi connectivity index (χ0v) is 50.6. The van der Waals surface area contributed by atoms with Gasteiger partial charge in [-0.1, -0.05) is 141 Å². The number of rotatable bonds is 27. The van der Waals surface area contributed by atoms with Gasteiger partial charge in [0.1, 0.15) is 30.6 Å². The number of benzene rings is 1. The number of nitrogens with two attached hydrogens (primary N) is 1. The number of ether oxygens (including phenoxy) is 4. The van der Waals surface area contributed by atoms with Crippen LogP contribution in [-0.2, 0) is 43.3 Å². The fourth-order valence-corrected chi connectivity index (χ4v) is 15.1. The molecule has 80 heavy (non-hydrogen) atoms. The molecule has 8 rings (SSSR count). The fraction of sp³-hybridized carbons (Fsp3) is 0.712. The number of hydrogen-bond donors (Lipinski definition) is 4. The number of hydrogen-bond acceptors (Lipinski definition) is 10. The van der Waals surface area contributed by atoms with Crippen molar-refractivity contribution in [2.45, 2.75) is 209 Å². The molecule has 14 heteroatoms. The summed E-state index contributed by atoms with van der Waals surface area (Å²) in [5.74, 6) is 6.65. The lowest BCUT2D eigenvalue weighted by Crippen LogP contribution is -2.53. The van der Waals surface area contributed by atoms with Gasteiger partial charge in [-0.05, 0) is 142 Å². The van der Waals surface area contributed by atoms with E-state index in [2.05, 4.69) is 98.5 Å². The Morgan fingerprint density at radius 1 is 0.838 bits per heavy atom. The highest BCUT2D eigenvalue weighted by Gasteiger charge is 2.59. The van der Waals surface area contributed by atoms with Gasteiger partial charge < -0.3 is 45.2 Å². The quantitative estimate of drug-likeness (QED) is 0.0500. The van der Waals surface area contributed by atoms with Gasteiger partial charge in [0.15, 0.2) is 0 Å². The van der Waals surface area contributed by atoms with E-state index in [1.54, 1.807) is 5.57 Å². The molecule has 3 fully saturated rings. The number of unbranched alkanes of at least 4 members (excludes halogenated alkanes) is 1. The highest BCUT2D eigenvalue weighted by Crippen LogP contribution is 2.67. The summed E-state index contributed by atoms with van der Waals surface area (Å²) < 4.78 is 24.7. The summed E-state index contributed by atoms with van der Waals surface area (Å²) in [6.07, 6.45) is 28.2. The summed E-state index contributed by atoms with van der Waals surface area (Å²) >= 11 is 0. The Hall–Kier alpha value is -4.95. The number of imidazole rings is 1. The van der Waals surface area contributed by atoms with Gasteiger partial charge in [0, 0.05) is 50.0 Å². The van der Waals surface area contributed by atoms with Crippen LogP contribution in [0.5, 0.6) is 0 Å². The maximum atomic E-state index is 13.8. The van der Waals surface area contributed by atoms with Crippen LogP contribution >= 0.6 is 0 Å². The van der Waals surface area contributed by atoms with Crippen molar-refractivity contribution >= 4 is 23.9 Å². The first-order chi connectivity index (χ1) is 38.2. The highest BCUT2D eigenvalue weighted by atomic mass is 16.6. The van der Waals surface area contributed by atoms with E-state index in [-0.39, 0.29) is 55.8 Å². The molecule has 0 bridgehead atoms. The maximum absolute atomic E-state index is 13.8. The van der Waals surface area contributed by atoms with Gasteiger partial charge in [-0.25, -0.2) is 14.6 Å². The molecule has 3 saturated carbocycles. The number of nitrogens with one attached hydrogen (secondary N) is 3. The molecule has 1 aliphatic heterocycles. The number of alkyl carbamates (subject to hydrolysis) is 2. The van der Waals surface area contributed by atoms with E-state index >= 15 is 0 Å². The molecular weight excluding hydrogens is 1000 g/mol. The van der Waals surface area contributed by atoms with Crippen molar-refractivity contribution < 1.29 is 33.3 Å². The lowest BCUT2D eigenvalue weighted by atomic mass is 9.47. The van der Waals surface area contributed by atoms with Crippen LogP contribution in [-0.4, -0.2) is 90.7 Å². The molecule has 5 N–H and O–H groups in total. The predicted molar refractivity (Wildman–Crippen MR) is 318 cm³/mol. The first-order valence-corrected chi connectivity index (χ1v) is 31.1. The monoisotopic (exact) mass is 1100 g/mol. The minimum atomic E-state index is -0.580. The number of fused-ring (bicyclic) bond motifs is 8. The number of nitrogens with zero attached hydrogens (tertiary/aromatic N) is 3. The minimum absolute atomic E-state index is 0.0237. The third kappa shape index (κ3) is 14.8.